The smallest absolute Gasteiger partial charge is 0.492 e. The molecule has 1 aliphatic rings. The fourth-order valence-electron chi connectivity index (χ4n) is 3.22. The zero-order valence-electron chi connectivity index (χ0n) is 13.9. The van der Waals surface area contributed by atoms with Crippen molar-refractivity contribution in [1.82, 2.24) is 9.55 Å². The maximum Gasteiger partial charge on any atom is 0.573 e. The maximum absolute atomic E-state index is 12.3. The Hall–Kier alpha value is -3.29. The first-order chi connectivity index (χ1) is 13.0. The Morgan fingerprint density at radius 1 is 1.22 bits per heavy atom. The van der Waals surface area contributed by atoms with Gasteiger partial charge in [0.15, 0.2) is 6.29 Å². The van der Waals surface area contributed by atoms with Crippen LogP contribution in [0.2, 0.25) is 0 Å². The number of hydrogen-bond donors (Lipinski definition) is 0. The van der Waals surface area contributed by atoms with Crippen LogP contribution in [0.25, 0.3) is 16.8 Å². The Morgan fingerprint density at radius 2 is 2.00 bits per heavy atom. The molecule has 0 bridgehead atoms. The number of aromatic nitrogens is 2. The van der Waals surface area contributed by atoms with Gasteiger partial charge >= 0.3 is 6.36 Å². The van der Waals surface area contributed by atoms with Gasteiger partial charge in [-0.05, 0) is 23.8 Å². The molecule has 0 unspecified atom stereocenters. The summed E-state index contributed by atoms with van der Waals surface area (Å²) in [6.45, 7) is 0.460. The number of fused-ring (bicyclic) bond motifs is 1. The zero-order chi connectivity index (χ0) is 19.0. The molecular weight excluding hydrogens is 361 g/mol. The first kappa shape index (κ1) is 17.1. The van der Waals surface area contributed by atoms with Crippen molar-refractivity contribution in [3.8, 4) is 28.3 Å². The third-order valence-electron chi connectivity index (χ3n) is 4.26. The van der Waals surface area contributed by atoms with Crippen LogP contribution in [-0.2, 0) is 6.42 Å². The Bertz CT molecular complexity index is 981. The number of carbonyl (C=O) groups is 1. The third kappa shape index (κ3) is 3.25. The molecule has 0 fully saturated rings. The summed E-state index contributed by atoms with van der Waals surface area (Å²) in [5.74, 6) is 0.309. The molecule has 1 aromatic heterocycles. The fraction of sp³-hybridized carbons (Fsp3) is 0.158. The summed E-state index contributed by atoms with van der Waals surface area (Å²) >= 11 is 0. The van der Waals surface area contributed by atoms with Crippen molar-refractivity contribution in [2.75, 3.05) is 6.61 Å². The molecule has 0 aliphatic carbocycles. The van der Waals surface area contributed by atoms with Gasteiger partial charge in [0.05, 0.1) is 18.6 Å². The predicted octanol–water partition coefficient (Wildman–Crippen LogP) is 4.19. The highest BCUT2D eigenvalue weighted by molar-refractivity contribution is 5.89. The first-order valence-corrected chi connectivity index (χ1v) is 8.08. The summed E-state index contributed by atoms with van der Waals surface area (Å²) in [5, 5.41) is 0. The van der Waals surface area contributed by atoms with Crippen molar-refractivity contribution < 1.29 is 27.4 Å². The quantitative estimate of drug-likeness (QED) is 0.643. The second-order valence-electron chi connectivity index (χ2n) is 5.93. The van der Waals surface area contributed by atoms with Crippen molar-refractivity contribution in [3.05, 3.63) is 60.2 Å². The number of alkyl halides is 3. The Morgan fingerprint density at radius 3 is 2.63 bits per heavy atom. The molecule has 0 spiro atoms. The van der Waals surface area contributed by atoms with E-state index < -0.39 is 6.36 Å². The lowest BCUT2D eigenvalue weighted by Crippen LogP contribution is -2.16. The lowest BCUT2D eigenvalue weighted by Gasteiger charge is -2.16. The van der Waals surface area contributed by atoms with Crippen LogP contribution in [0.15, 0.2) is 49.1 Å². The van der Waals surface area contributed by atoms with E-state index in [0.29, 0.717) is 41.2 Å². The number of hydrogen-bond acceptors (Lipinski definition) is 4. The zero-order valence-corrected chi connectivity index (χ0v) is 13.9. The highest BCUT2D eigenvalue weighted by atomic mass is 19.4. The topological polar surface area (TPSA) is 53.4 Å². The molecule has 0 saturated carbocycles. The Balaban J connectivity index is 1.81. The number of rotatable bonds is 4. The largest absolute Gasteiger partial charge is 0.573 e. The summed E-state index contributed by atoms with van der Waals surface area (Å²) in [7, 11) is 0. The molecular formula is C19H13F3N2O3. The van der Waals surface area contributed by atoms with Crippen LogP contribution in [0, 0.1) is 0 Å². The summed E-state index contributed by atoms with van der Waals surface area (Å²) in [6, 6.07) is 7.14. The standard InChI is InChI=1S/C19H13F3N2O3/c20-19(21,22)27-14-3-1-12(2-4-14)16-9-13(10-25)17(24-7-6-23-11-24)15-5-8-26-18(15)16/h1-4,6-7,9-11H,5,8H2. The van der Waals surface area contributed by atoms with Crippen molar-refractivity contribution in [2.45, 2.75) is 12.8 Å². The van der Waals surface area contributed by atoms with E-state index in [1.54, 1.807) is 29.4 Å². The van der Waals surface area contributed by atoms with E-state index in [1.165, 1.54) is 24.3 Å². The van der Waals surface area contributed by atoms with E-state index in [9.17, 15) is 18.0 Å². The van der Waals surface area contributed by atoms with E-state index in [-0.39, 0.29) is 5.75 Å². The maximum atomic E-state index is 12.3. The van der Waals surface area contributed by atoms with Gasteiger partial charge in [0.25, 0.3) is 0 Å². The van der Waals surface area contributed by atoms with Crippen LogP contribution in [0.5, 0.6) is 11.5 Å². The molecule has 0 amide bonds. The van der Waals surface area contributed by atoms with Gasteiger partial charge in [-0.1, -0.05) is 12.1 Å². The van der Waals surface area contributed by atoms with Crippen molar-refractivity contribution in [3.63, 3.8) is 0 Å². The van der Waals surface area contributed by atoms with Gasteiger partial charge in [-0.3, -0.25) is 4.79 Å². The van der Waals surface area contributed by atoms with E-state index in [1.807, 2.05) is 0 Å². The van der Waals surface area contributed by atoms with Crippen molar-refractivity contribution in [2.24, 2.45) is 0 Å². The van der Waals surface area contributed by atoms with E-state index in [4.69, 9.17) is 4.74 Å². The Labute approximate surface area is 152 Å². The van der Waals surface area contributed by atoms with Gasteiger partial charge in [0, 0.05) is 35.5 Å². The SMILES string of the molecule is O=Cc1cc(-c2ccc(OC(F)(F)F)cc2)c2c(c1-n1ccnc1)CCO2. The monoisotopic (exact) mass is 374 g/mol. The summed E-state index contributed by atoms with van der Waals surface area (Å²) in [5.41, 5.74) is 3.29. The van der Waals surface area contributed by atoms with Crippen molar-refractivity contribution in [1.29, 1.82) is 0 Å². The third-order valence-corrected chi connectivity index (χ3v) is 4.26. The van der Waals surface area contributed by atoms with Crippen LogP contribution in [-0.4, -0.2) is 28.8 Å². The minimum atomic E-state index is -4.75. The number of ether oxygens (including phenoxy) is 2. The molecule has 0 N–H and O–H groups in total. The van der Waals surface area contributed by atoms with Crippen LogP contribution < -0.4 is 9.47 Å². The average molecular weight is 374 g/mol. The molecule has 4 rings (SSSR count). The molecule has 138 valence electrons. The molecule has 2 heterocycles. The highest BCUT2D eigenvalue weighted by Gasteiger charge is 2.31. The molecule has 27 heavy (non-hydrogen) atoms. The van der Waals surface area contributed by atoms with E-state index in [2.05, 4.69) is 9.72 Å². The molecule has 1 aliphatic heterocycles. The lowest BCUT2D eigenvalue weighted by atomic mass is 9.96. The van der Waals surface area contributed by atoms with Crippen LogP contribution in [0.3, 0.4) is 0 Å². The van der Waals surface area contributed by atoms with Crippen LogP contribution in [0.4, 0.5) is 13.2 Å². The Kier molecular flexibility index (Phi) is 4.10. The predicted molar refractivity (Wildman–Crippen MR) is 90.3 cm³/mol. The number of imidazole rings is 1. The summed E-state index contributed by atoms with van der Waals surface area (Å²) in [4.78, 5) is 15.7. The fourth-order valence-corrected chi connectivity index (χ4v) is 3.22. The molecule has 2 aromatic carbocycles. The summed E-state index contributed by atoms with van der Waals surface area (Å²) < 4.78 is 48.4. The van der Waals surface area contributed by atoms with Gasteiger partial charge in [-0.25, -0.2) is 4.98 Å². The van der Waals surface area contributed by atoms with E-state index in [0.717, 1.165) is 11.8 Å². The lowest BCUT2D eigenvalue weighted by molar-refractivity contribution is -0.274. The van der Waals surface area contributed by atoms with Gasteiger partial charge in [-0.15, -0.1) is 13.2 Å². The van der Waals surface area contributed by atoms with Crippen molar-refractivity contribution >= 4 is 6.29 Å². The molecule has 8 heteroatoms. The number of benzene rings is 2. The number of carbonyl (C=O) groups excluding carboxylic acids is 1. The van der Waals surface area contributed by atoms with Gasteiger partial charge in [-0.2, -0.15) is 0 Å². The normalized spacial score (nSPS) is 13.1. The van der Waals surface area contributed by atoms with Crippen LogP contribution in [0.1, 0.15) is 15.9 Å². The summed E-state index contributed by atoms with van der Waals surface area (Å²) in [6.07, 6.45) is 1.58. The minimum absolute atomic E-state index is 0.311. The molecule has 3 aromatic rings. The number of halogens is 3. The highest BCUT2D eigenvalue weighted by Crippen LogP contribution is 2.42. The molecule has 0 atom stereocenters. The number of aldehydes is 1. The average Bonchev–Trinajstić information content (AvgIpc) is 3.31. The van der Waals surface area contributed by atoms with Crippen LogP contribution >= 0.6 is 0 Å². The van der Waals surface area contributed by atoms with E-state index >= 15 is 0 Å². The first-order valence-electron chi connectivity index (χ1n) is 8.08. The number of nitrogens with zero attached hydrogens (tertiary/aromatic N) is 2. The van der Waals surface area contributed by atoms with Gasteiger partial charge in [0.1, 0.15) is 11.5 Å². The molecule has 0 saturated heterocycles. The minimum Gasteiger partial charge on any atom is -0.492 e. The van der Waals surface area contributed by atoms with Gasteiger partial charge < -0.3 is 14.0 Å². The second-order valence-corrected chi connectivity index (χ2v) is 5.93. The molecule has 0 radical (unpaired) electrons. The second kappa shape index (κ2) is 6.46. The molecule has 5 nitrogen and oxygen atoms in total. The van der Waals surface area contributed by atoms with Gasteiger partial charge in [0.2, 0.25) is 0 Å².